The third kappa shape index (κ3) is 3.18. The Kier molecular flexibility index (Phi) is 3.56. The molecule has 1 aromatic carbocycles. The van der Waals surface area contributed by atoms with Crippen molar-refractivity contribution in [1.82, 2.24) is 15.3 Å². The van der Waals surface area contributed by atoms with Crippen molar-refractivity contribution in [2.45, 2.75) is 32.7 Å². The van der Waals surface area contributed by atoms with E-state index in [1.54, 1.807) is 6.07 Å². The van der Waals surface area contributed by atoms with Crippen LogP contribution < -0.4 is 10.6 Å². The highest BCUT2D eigenvalue weighted by Crippen LogP contribution is 2.22. The molecule has 1 heterocycles. The van der Waals surface area contributed by atoms with Crippen LogP contribution in [0.1, 0.15) is 34.5 Å². The van der Waals surface area contributed by atoms with E-state index in [0.717, 1.165) is 18.5 Å². The maximum absolute atomic E-state index is 12.0. The fourth-order valence-electron chi connectivity index (χ4n) is 2.06. The molecule has 5 nitrogen and oxygen atoms in total. The molecule has 1 aromatic heterocycles. The standard InChI is InChI=1S/C16H18N4O/c1-10-4-3-5-13(11(10)2)20-15-8-14(17-9-18-15)16(21)19-12-6-7-12/h3-5,8-9,12H,6-7H2,1-2H3,(H,19,21)(H,17,18,20). The first-order valence-corrected chi connectivity index (χ1v) is 7.09. The van der Waals surface area contributed by atoms with Crippen LogP contribution >= 0.6 is 0 Å². The van der Waals surface area contributed by atoms with Gasteiger partial charge in [-0.1, -0.05) is 12.1 Å². The number of carbonyl (C=O) groups is 1. The van der Waals surface area contributed by atoms with Gasteiger partial charge in [-0.2, -0.15) is 0 Å². The molecule has 1 fully saturated rings. The number of aryl methyl sites for hydroxylation is 1. The van der Waals surface area contributed by atoms with Crippen LogP contribution in [0.2, 0.25) is 0 Å². The smallest absolute Gasteiger partial charge is 0.270 e. The summed E-state index contributed by atoms with van der Waals surface area (Å²) in [6, 6.07) is 8.05. The number of aromatic nitrogens is 2. The number of nitrogens with zero attached hydrogens (tertiary/aromatic N) is 2. The van der Waals surface area contributed by atoms with Crippen LogP contribution in [-0.2, 0) is 0 Å². The largest absolute Gasteiger partial charge is 0.348 e. The highest BCUT2D eigenvalue weighted by Gasteiger charge is 2.24. The number of hydrogen-bond acceptors (Lipinski definition) is 4. The van der Waals surface area contributed by atoms with E-state index in [1.807, 2.05) is 12.1 Å². The van der Waals surface area contributed by atoms with Crippen LogP contribution in [0, 0.1) is 13.8 Å². The van der Waals surface area contributed by atoms with E-state index in [9.17, 15) is 4.79 Å². The molecule has 5 heteroatoms. The van der Waals surface area contributed by atoms with E-state index >= 15 is 0 Å². The molecule has 1 aliphatic rings. The van der Waals surface area contributed by atoms with Crippen molar-refractivity contribution in [2.24, 2.45) is 0 Å². The summed E-state index contributed by atoms with van der Waals surface area (Å²) in [5.41, 5.74) is 3.76. The minimum atomic E-state index is -0.135. The molecule has 0 bridgehead atoms. The van der Waals surface area contributed by atoms with Gasteiger partial charge in [0.15, 0.2) is 0 Å². The first kappa shape index (κ1) is 13.5. The molecule has 3 rings (SSSR count). The normalized spacial score (nSPS) is 13.8. The van der Waals surface area contributed by atoms with Gasteiger partial charge >= 0.3 is 0 Å². The fraction of sp³-hybridized carbons (Fsp3) is 0.312. The highest BCUT2D eigenvalue weighted by molar-refractivity contribution is 5.93. The molecule has 1 aliphatic carbocycles. The zero-order valence-electron chi connectivity index (χ0n) is 12.2. The minimum absolute atomic E-state index is 0.135. The zero-order valence-corrected chi connectivity index (χ0v) is 12.2. The van der Waals surface area contributed by atoms with E-state index in [0.29, 0.717) is 17.6 Å². The second kappa shape index (κ2) is 5.52. The molecule has 2 N–H and O–H groups in total. The molecular weight excluding hydrogens is 264 g/mol. The summed E-state index contributed by atoms with van der Waals surface area (Å²) >= 11 is 0. The maximum Gasteiger partial charge on any atom is 0.270 e. The van der Waals surface area contributed by atoms with E-state index in [4.69, 9.17) is 0 Å². The lowest BCUT2D eigenvalue weighted by Crippen LogP contribution is -2.26. The summed E-state index contributed by atoms with van der Waals surface area (Å²) in [6.07, 6.45) is 3.53. The van der Waals surface area contributed by atoms with E-state index < -0.39 is 0 Å². The quantitative estimate of drug-likeness (QED) is 0.905. The molecule has 0 spiro atoms. The third-order valence-electron chi connectivity index (χ3n) is 3.68. The van der Waals surface area contributed by atoms with E-state index in [-0.39, 0.29) is 5.91 Å². The molecular formula is C16H18N4O. The monoisotopic (exact) mass is 282 g/mol. The average Bonchev–Trinajstić information content (AvgIpc) is 3.28. The second-order valence-corrected chi connectivity index (χ2v) is 5.41. The molecule has 1 saturated carbocycles. The molecule has 2 aromatic rings. The van der Waals surface area contributed by atoms with Gasteiger partial charge in [0.2, 0.25) is 0 Å². The van der Waals surface area contributed by atoms with Gasteiger partial charge in [0.25, 0.3) is 5.91 Å². The van der Waals surface area contributed by atoms with Gasteiger partial charge < -0.3 is 10.6 Å². The van der Waals surface area contributed by atoms with Gasteiger partial charge in [0, 0.05) is 17.8 Å². The van der Waals surface area contributed by atoms with Gasteiger partial charge in [-0.05, 0) is 43.9 Å². The van der Waals surface area contributed by atoms with Gasteiger partial charge in [0.05, 0.1) is 0 Å². The lowest BCUT2D eigenvalue weighted by Gasteiger charge is -2.11. The summed E-state index contributed by atoms with van der Waals surface area (Å²) in [7, 11) is 0. The first-order chi connectivity index (χ1) is 10.1. The Morgan fingerprint density at radius 1 is 1.24 bits per heavy atom. The van der Waals surface area contributed by atoms with Crippen molar-refractivity contribution in [1.29, 1.82) is 0 Å². The van der Waals surface area contributed by atoms with E-state index in [1.165, 1.54) is 17.5 Å². The SMILES string of the molecule is Cc1cccc(Nc2cc(C(=O)NC3CC3)ncn2)c1C. The van der Waals surface area contributed by atoms with Crippen LogP contribution in [0.3, 0.4) is 0 Å². The Bertz CT molecular complexity index is 680. The zero-order chi connectivity index (χ0) is 14.8. The van der Waals surface area contributed by atoms with Gasteiger partial charge in [-0.15, -0.1) is 0 Å². The first-order valence-electron chi connectivity index (χ1n) is 7.09. The summed E-state index contributed by atoms with van der Waals surface area (Å²) in [5.74, 6) is 0.489. The van der Waals surface area contributed by atoms with Crippen LogP contribution in [0.25, 0.3) is 0 Å². The number of benzene rings is 1. The Morgan fingerprint density at radius 3 is 2.81 bits per heavy atom. The Hall–Kier alpha value is -2.43. The molecule has 0 saturated heterocycles. The number of anilines is 2. The summed E-state index contributed by atoms with van der Waals surface area (Å²) in [6.45, 7) is 4.12. The lowest BCUT2D eigenvalue weighted by atomic mass is 10.1. The van der Waals surface area contributed by atoms with Crippen LogP contribution in [-0.4, -0.2) is 21.9 Å². The molecule has 0 radical (unpaired) electrons. The second-order valence-electron chi connectivity index (χ2n) is 5.41. The molecule has 0 aliphatic heterocycles. The van der Waals surface area contributed by atoms with Crippen LogP contribution in [0.15, 0.2) is 30.6 Å². The van der Waals surface area contributed by atoms with Gasteiger partial charge in [0.1, 0.15) is 17.8 Å². The number of hydrogen-bond donors (Lipinski definition) is 2. The van der Waals surface area contributed by atoms with Crippen LogP contribution in [0.5, 0.6) is 0 Å². The predicted molar refractivity (Wildman–Crippen MR) is 81.7 cm³/mol. The van der Waals surface area contributed by atoms with Crippen LogP contribution in [0.4, 0.5) is 11.5 Å². The number of rotatable bonds is 4. The van der Waals surface area contributed by atoms with Crippen molar-refractivity contribution in [3.8, 4) is 0 Å². The molecule has 21 heavy (non-hydrogen) atoms. The Balaban J connectivity index is 1.79. The molecule has 0 atom stereocenters. The van der Waals surface area contributed by atoms with Crippen molar-refractivity contribution in [3.05, 3.63) is 47.4 Å². The Morgan fingerprint density at radius 2 is 2.05 bits per heavy atom. The third-order valence-corrected chi connectivity index (χ3v) is 3.68. The van der Waals surface area contributed by atoms with E-state index in [2.05, 4.69) is 40.5 Å². The number of nitrogens with one attached hydrogen (secondary N) is 2. The average molecular weight is 282 g/mol. The molecule has 108 valence electrons. The van der Waals surface area contributed by atoms with Crippen molar-refractivity contribution in [2.75, 3.05) is 5.32 Å². The van der Waals surface area contributed by atoms with Gasteiger partial charge in [-0.25, -0.2) is 9.97 Å². The molecule has 0 unspecified atom stereocenters. The summed E-state index contributed by atoms with van der Waals surface area (Å²) in [4.78, 5) is 20.2. The van der Waals surface area contributed by atoms with Gasteiger partial charge in [-0.3, -0.25) is 4.79 Å². The number of amides is 1. The van der Waals surface area contributed by atoms with Crippen molar-refractivity contribution >= 4 is 17.4 Å². The topological polar surface area (TPSA) is 66.9 Å². The maximum atomic E-state index is 12.0. The minimum Gasteiger partial charge on any atom is -0.348 e. The summed E-state index contributed by atoms with van der Waals surface area (Å²) in [5, 5.41) is 6.17. The fourth-order valence-corrected chi connectivity index (χ4v) is 2.06. The van der Waals surface area contributed by atoms with Crippen molar-refractivity contribution in [3.63, 3.8) is 0 Å². The summed E-state index contributed by atoms with van der Waals surface area (Å²) < 4.78 is 0. The number of carbonyl (C=O) groups excluding carboxylic acids is 1. The molecule has 1 amide bonds. The van der Waals surface area contributed by atoms with Crippen molar-refractivity contribution < 1.29 is 4.79 Å². The lowest BCUT2D eigenvalue weighted by molar-refractivity contribution is 0.0946. The highest BCUT2D eigenvalue weighted by atomic mass is 16.2. The Labute approximate surface area is 123 Å². The predicted octanol–water partition coefficient (Wildman–Crippen LogP) is 2.73.